The highest BCUT2D eigenvalue weighted by Gasteiger charge is 2.05. The lowest BCUT2D eigenvalue weighted by Crippen LogP contribution is -2.15. The quantitative estimate of drug-likeness (QED) is 0.627. The molecule has 13 heavy (non-hydrogen) atoms. The largest absolute Gasteiger partial charge is 0.381 e. The number of thioether (sulfide) groups is 1. The highest BCUT2D eigenvalue weighted by Crippen LogP contribution is 2.29. The monoisotopic (exact) mass is 237 g/mol. The van der Waals surface area contributed by atoms with Crippen molar-refractivity contribution in [2.24, 2.45) is 5.73 Å². The molecule has 1 aromatic carbocycles. The molecule has 0 heterocycles. The number of nitrogens with two attached hydrogens (primary N) is 1. The molecule has 1 rings (SSSR count). The number of aliphatic hydroxyl groups excluding tert-OH is 1. The zero-order valence-electron chi connectivity index (χ0n) is 6.71. The van der Waals surface area contributed by atoms with Gasteiger partial charge in [0.2, 0.25) is 0 Å². The number of halogens is 2. The molecule has 2 nitrogen and oxygen atoms in total. The van der Waals surface area contributed by atoms with Crippen LogP contribution in [0.4, 0.5) is 0 Å². The molecule has 0 bridgehead atoms. The van der Waals surface area contributed by atoms with Crippen LogP contribution < -0.4 is 5.73 Å². The Labute approximate surface area is 91.0 Å². The number of rotatable bonds is 3. The van der Waals surface area contributed by atoms with Crippen molar-refractivity contribution in [2.45, 2.75) is 10.3 Å². The molecule has 1 aromatic rings. The molecule has 0 aliphatic carbocycles. The van der Waals surface area contributed by atoms with Crippen LogP contribution in [0.5, 0.6) is 0 Å². The third-order valence-corrected chi connectivity index (χ3v) is 3.09. The molecular formula is C8H9Cl2NOS. The van der Waals surface area contributed by atoms with E-state index in [4.69, 9.17) is 28.9 Å². The fourth-order valence-corrected chi connectivity index (χ4v) is 1.86. The standard InChI is InChI=1S/C8H9Cl2NOS/c9-6-2-1-5(3-7(6)10)13-8(12)4-11/h1-3,8,12H,4,11H2. The van der Waals surface area contributed by atoms with E-state index in [9.17, 15) is 5.11 Å². The van der Waals surface area contributed by atoms with Crippen molar-refractivity contribution >= 4 is 35.0 Å². The summed E-state index contributed by atoms with van der Waals surface area (Å²) in [5.74, 6) is 0. The number of aliphatic hydroxyl groups is 1. The number of benzene rings is 1. The Morgan fingerprint density at radius 1 is 1.38 bits per heavy atom. The van der Waals surface area contributed by atoms with Gasteiger partial charge in [-0.2, -0.15) is 0 Å². The van der Waals surface area contributed by atoms with Gasteiger partial charge < -0.3 is 10.8 Å². The minimum atomic E-state index is -0.600. The molecule has 0 radical (unpaired) electrons. The summed E-state index contributed by atoms with van der Waals surface area (Å²) >= 11 is 12.8. The van der Waals surface area contributed by atoms with Gasteiger partial charge in [0.15, 0.2) is 0 Å². The second kappa shape index (κ2) is 5.08. The Kier molecular flexibility index (Phi) is 4.35. The highest BCUT2D eigenvalue weighted by atomic mass is 35.5. The van der Waals surface area contributed by atoms with Crippen LogP contribution in [-0.4, -0.2) is 17.1 Å². The van der Waals surface area contributed by atoms with Crippen molar-refractivity contribution in [3.63, 3.8) is 0 Å². The summed E-state index contributed by atoms with van der Waals surface area (Å²) in [7, 11) is 0. The fourth-order valence-electron chi connectivity index (χ4n) is 0.755. The van der Waals surface area contributed by atoms with E-state index >= 15 is 0 Å². The topological polar surface area (TPSA) is 46.2 Å². The summed E-state index contributed by atoms with van der Waals surface area (Å²) < 4.78 is 0. The molecular weight excluding hydrogens is 229 g/mol. The maximum Gasteiger partial charge on any atom is 0.116 e. The molecule has 0 saturated carbocycles. The van der Waals surface area contributed by atoms with E-state index in [0.29, 0.717) is 10.0 Å². The van der Waals surface area contributed by atoms with E-state index in [0.717, 1.165) is 4.90 Å². The Balaban J connectivity index is 2.73. The molecule has 72 valence electrons. The van der Waals surface area contributed by atoms with E-state index in [2.05, 4.69) is 0 Å². The van der Waals surface area contributed by atoms with E-state index in [1.54, 1.807) is 18.2 Å². The van der Waals surface area contributed by atoms with Crippen molar-refractivity contribution in [1.29, 1.82) is 0 Å². The van der Waals surface area contributed by atoms with Crippen molar-refractivity contribution in [2.75, 3.05) is 6.54 Å². The molecule has 1 unspecified atom stereocenters. The lowest BCUT2D eigenvalue weighted by atomic mass is 10.4. The van der Waals surface area contributed by atoms with Crippen molar-refractivity contribution in [3.8, 4) is 0 Å². The summed E-state index contributed by atoms with van der Waals surface area (Å²) in [5, 5.41) is 10.2. The van der Waals surface area contributed by atoms with Crippen LogP contribution in [0, 0.1) is 0 Å². The first-order valence-electron chi connectivity index (χ1n) is 3.63. The summed E-state index contributed by atoms with van der Waals surface area (Å²) in [6, 6.07) is 5.18. The molecule has 3 N–H and O–H groups in total. The predicted molar refractivity (Wildman–Crippen MR) is 57.4 cm³/mol. The van der Waals surface area contributed by atoms with Crippen molar-refractivity contribution < 1.29 is 5.11 Å². The van der Waals surface area contributed by atoms with E-state index in [-0.39, 0.29) is 6.54 Å². The van der Waals surface area contributed by atoms with E-state index < -0.39 is 5.44 Å². The Bertz CT molecular complexity index is 295. The van der Waals surface area contributed by atoms with Crippen molar-refractivity contribution in [1.82, 2.24) is 0 Å². The molecule has 5 heteroatoms. The Morgan fingerprint density at radius 2 is 2.08 bits per heavy atom. The molecule has 0 saturated heterocycles. The normalized spacial score (nSPS) is 12.9. The maximum atomic E-state index is 9.23. The van der Waals surface area contributed by atoms with Gasteiger partial charge in [-0.3, -0.25) is 0 Å². The minimum absolute atomic E-state index is 0.213. The Hall–Kier alpha value is 0.0700. The molecule has 0 amide bonds. The average molecular weight is 238 g/mol. The van der Waals surface area contributed by atoms with Crippen molar-refractivity contribution in [3.05, 3.63) is 28.2 Å². The third-order valence-electron chi connectivity index (χ3n) is 1.36. The van der Waals surface area contributed by atoms with Crippen LogP contribution in [-0.2, 0) is 0 Å². The smallest absolute Gasteiger partial charge is 0.116 e. The summed E-state index contributed by atoms with van der Waals surface area (Å²) in [6.45, 7) is 0.213. The maximum absolute atomic E-state index is 9.23. The lowest BCUT2D eigenvalue weighted by molar-refractivity contribution is 0.271. The highest BCUT2D eigenvalue weighted by molar-refractivity contribution is 7.99. The molecule has 0 spiro atoms. The molecule has 0 aliphatic heterocycles. The summed E-state index contributed by atoms with van der Waals surface area (Å²) in [6.07, 6.45) is 0. The van der Waals surface area contributed by atoms with Crippen LogP contribution in [0.3, 0.4) is 0 Å². The van der Waals surface area contributed by atoms with Crippen LogP contribution in [0.15, 0.2) is 23.1 Å². The first kappa shape index (κ1) is 11.1. The Morgan fingerprint density at radius 3 is 2.62 bits per heavy atom. The second-order valence-corrected chi connectivity index (χ2v) is 4.45. The zero-order valence-corrected chi connectivity index (χ0v) is 9.03. The van der Waals surface area contributed by atoms with Gasteiger partial charge in [-0.05, 0) is 18.2 Å². The van der Waals surface area contributed by atoms with Gasteiger partial charge >= 0.3 is 0 Å². The lowest BCUT2D eigenvalue weighted by Gasteiger charge is -2.07. The summed E-state index contributed by atoms with van der Waals surface area (Å²) in [5.41, 5.74) is 4.66. The second-order valence-electron chi connectivity index (χ2n) is 2.38. The number of hydrogen-bond donors (Lipinski definition) is 2. The van der Waals surface area contributed by atoms with Gasteiger partial charge in [-0.25, -0.2) is 0 Å². The van der Waals surface area contributed by atoms with E-state index in [1.165, 1.54) is 11.8 Å². The van der Waals surface area contributed by atoms with Crippen LogP contribution in [0.2, 0.25) is 10.0 Å². The fraction of sp³-hybridized carbons (Fsp3) is 0.250. The van der Waals surface area contributed by atoms with Gasteiger partial charge in [0.05, 0.1) is 10.0 Å². The van der Waals surface area contributed by atoms with Gasteiger partial charge in [0.1, 0.15) is 5.44 Å². The third kappa shape index (κ3) is 3.37. The first-order chi connectivity index (χ1) is 6.13. The van der Waals surface area contributed by atoms with Gasteiger partial charge in [-0.1, -0.05) is 35.0 Å². The minimum Gasteiger partial charge on any atom is -0.381 e. The predicted octanol–water partition coefficient (Wildman–Crippen LogP) is 2.36. The van der Waals surface area contributed by atoms with Gasteiger partial charge in [0.25, 0.3) is 0 Å². The molecule has 0 aromatic heterocycles. The van der Waals surface area contributed by atoms with Crippen LogP contribution in [0.1, 0.15) is 0 Å². The van der Waals surface area contributed by atoms with Crippen LogP contribution in [0.25, 0.3) is 0 Å². The van der Waals surface area contributed by atoms with E-state index in [1.807, 2.05) is 0 Å². The molecule has 1 atom stereocenters. The van der Waals surface area contributed by atoms with Crippen LogP contribution >= 0.6 is 35.0 Å². The van der Waals surface area contributed by atoms with Gasteiger partial charge in [0, 0.05) is 11.4 Å². The molecule has 0 aliphatic rings. The zero-order chi connectivity index (χ0) is 9.84. The number of hydrogen-bond acceptors (Lipinski definition) is 3. The average Bonchev–Trinajstić information content (AvgIpc) is 2.11. The van der Waals surface area contributed by atoms with Gasteiger partial charge in [-0.15, -0.1) is 0 Å². The SMILES string of the molecule is NCC(O)Sc1ccc(Cl)c(Cl)c1. The first-order valence-corrected chi connectivity index (χ1v) is 5.27. The molecule has 0 fully saturated rings. The summed E-state index contributed by atoms with van der Waals surface area (Å²) in [4.78, 5) is 0.854.